The highest BCUT2D eigenvalue weighted by atomic mass is 35.5. The first kappa shape index (κ1) is 98.0. The molecular weight excluding hydrogens is 1800 g/mol. The number of methoxy groups -OCH3 is 9. The van der Waals surface area contributed by atoms with E-state index < -0.39 is 0 Å². The smallest absolute Gasteiger partial charge is 0.260 e. The summed E-state index contributed by atoms with van der Waals surface area (Å²) in [7, 11) is 14.2. The molecule has 4 heterocycles. The normalized spacial score (nSPS) is 10.7. The number of anilines is 4. The van der Waals surface area contributed by atoms with Crippen LogP contribution in [0.25, 0.3) is 45.0 Å². The molecule has 0 saturated heterocycles. The molecule has 16 aromatic rings. The van der Waals surface area contributed by atoms with Gasteiger partial charge in [0.15, 0.2) is 20.5 Å². The molecule has 4 amide bonds. The van der Waals surface area contributed by atoms with E-state index in [2.05, 4.69) is 0 Å². The Morgan fingerprint density at radius 1 is 0.274 bits per heavy atom. The van der Waals surface area contributed by atoms with Gasteiger partial charge in [-0.3, -0.25) is 38.8 Å². The molecule has 4 aromatic heterocycles. The molecule has 23 nitrogen and oxygen atoms in total. The van der Waals surface area contributed by atoms with E-state index in [1.807, 2.05) is 255 Å². The van der Waals surface area contributed by atoms with Crippen molar-refractivity contribution >= 4 is 101 Å². The summed E-state index contributed by atoms with van der Waals surface area (Å²) in [5.74, 6) is 4.58. The van der Waals surface area contributed by atoms with Gasteiger partial charge in [-0.25, -0.2) is 19.9 Å². The van der Waals surface area contributed by atoms with Crippen LogP contribution in [0.2, 0.25) is 5.02 Å². The van der Waals surface area contributed by atoms with Crippen LogP contribution in [-0.2, 0) is 39.4 Å². The Labute approximate surface area is 806 Å². The zero-order valence-corrected chi connectivity index (χ0v) is 80.8. The van der Waals surface area contributed by atoms with Crippen molar-refractivity contribution in [3.63, 3.8) is 0 Å². The maximum Gasteiger partial charge on any atom is 0.260 e. The van der Waals surface area contributed by atoms with Crippen LogP contribution in [0.4, 0.5) is 20.5 Å². The number of ether oxygens (including phenoxy) is 9. The van der Waals surface area contributed by atoms with Crippen LogP contribution >= 0.6 is 56.9 Å². The fourth-order valence-corrected chi connectivity index (χ4v) is 18.0. The highest BCUT2D eigenvalue weighted by molar-refractivity contribution is 7.15. The van der Waals surface area contributed by atoms with Gasteiger partial charge in [0.25, 0.3) is 23.6 Å². The SMILES string of the molecule is COc1cc(C(=O)N(Cc2ccccc2)c2nc(-c3ccc(CO)cc3)cs2)cc(OC)c1C.COc1cc(C(=O)N(Cc2ccccc2)c2nc(-c3ccc(Cl)cc3)cs2)cc(OC)c1C.COc1cc(C(=O)N(Cc2ccccc2)c2nc(-c3ccccc3)cs2)cc(OC)c1C.COc1ccc(CO)cc1-c1csc(N(Cc2ccccc2)C(=O)c2cc(OC)c(C)c(OC)c2)n1. The van der Waals surface area contributed by atoms with Crippen LogP contribution in [0.1, 0.15) is 97.1 Å². The third kappa shape index (κ3) is 24.3. The monoisotopic (exact) mass is 1900 g/mol. The quantitative estimate of drug-likeness (QED) is 0.0409. The van der Waals surface area contributed by atoms with Gasteiger partial charge in [-0.15, -0.1) is 45.3 Å². The molecule has 0 spiro atoms. The number of aromatic nitrogens is 4. The average molecular weight is 1900 g/mol. The highest BCUT2D eigenvalue weighted by Gasteiger charge is 2.30. The van der Waals surface area contributed by atoms with Crippen molar-refractivity contribution in [3.8, 4) is 96.8 Å². The van der Waals surface area contributed by atoms with Crippen molar-refractivity contribution in [2.45, 2.75) is 67.1 Å². The van der Waals surface area contributed by atoms with Gasteiger partial charge < -0.3 is 52.8 Å². The molecule has 135 heavy (non-hydrogen) atoms. The van der Waals surface area contributed by atoms with Crippen LogP contribution in [0, 0.1) is 27.7 Å². The summed E-state index contributed by atoms with van der Waals surface area (Å²) >= 11 is 11.7. The molecule has 12 aromatic carbocycles. The number of hydrogen-bond donors (Lipinski definition) is 2. The molecule has 16 rings (SSSR count). The van der Waals surface area contributed by atoms with Crippen molar-refractivity contribution in [2.75, 3.05) is 83.6 Å². The topological polar surface area (TPSA) is 256 Å². The summed E-state index contributed by atoms with van der Waals surface area (Å²) in [4.78, 5) is 81.0. The summed E-state index contributed by atoms with van der Waals surface area (Å²) in [6, 6.07) is 83.7. The maximum atomic E-state index is 13.9. The fourth-order valence-electron chi connectivity index (χ4n) is 14.6. The number of halogens is 1. The van der Waals surface area contributed by atoms with Gasteiger partial charge in [-0.1, -0.05) is 206 Å². The van der Waals surface area contributed by atoms with Crippen LogP contribution < -0.4 is 62.2 Å². The van der Waals surface area contributed by atoms with Crippen molar-refractivity contribution in [1.82, 2.24) is 19.9 Å². The average Bonchev–Trinajstić information content (AvgIpc) is 1.51. The molecule has 0 radical (unpaired) electrons. The van der Waals surface area contributed by atoms with Gasteiger partial charge in [-0.05, 0) is 134 Å². The number of nitrogens with zero attached hydrogens (tertiary/aromatic N) is 8. The first-order chi connectivity index (χ1) is 65.6. The zero-order chi connectivity index (χ0) is 95.6. The van der Waals surface area contributed by atoms with E-state index >= 15 is 0 Å². The van der Waals surface area contributed by atoms with Gasteiger partial charge >= 0.3 is 0 Å². The Kier molecular flexibility index (Phi) is 34.2. The van der Waals surface area contributed by atoms with Crippen LogP contribution in [0.3, 0.4) is 0 Å². The molecule has 28 heteroatoms. The van der Waals surface area contributed by atoms with Gasteiger partial charge in [0.1, 0.15) is 51.7 Å². The number of carbonyl (C=O) groups is 4. The first-order valence-electron chi connectivity index (χ1n) is 42.6. The van der Waals surface area contributed by atoms with E-state index in [9.17, 15) is 29.4 Å². The van der Waals surface area contributed by atoms with Gasteiger partial charge in [0.2, 0.25) is 0 Å². The van der Waals surface area contributed by atoms with Crippen LogP contribution in [0.5, 0.6) is 51.7 Å². The molecule has 0 atom stereocenters. The van der Waals surface area contributed by atoms with Crippen molar-refractivity contribution in [3.05, 3.63) is 371 Å². The minimum atomic E-state index is -0.229. The predicted octanol–water partition coefficient (Wildman–Crippen LogP) is 23.6. The molecule has 0 aliphatic heterocycles. The Morgan fingerprint density at radius 3 is 0.763 bits per heavy atom. The Hall–Kier alpha value is -14.6. The lowest BCUT2D eigenvalue weighted by atomic mass is 10.1. The number of aliphatic hydroxyl groups is 2. The maximum absolute atomic E-state index is 13.9. The minimum absolute atomic E-state index is 0.00851. The molecule has 0 fully saturated rings. The summed E-state index contributed by atoms with van der Waals surface area (Å²) in [5, 5.41) is 29.7. The summed E-state index contributed by atoms with van der Waals surface area (Å²) in [6.07, 6.45) is 0. The van der Waals surface area contributed by atoms with Crippen molar-refractivity contribution in [1.29, 1.82) is 0 Å². The Morgan fingerprint density at radius 2 is 0.504 bits per heavy atom. The second kappa shape index (κ2) is 47.2. The van der Waals surface area contributed by atoms with E-state index in [-0.39, 0.29) is 36.8 Å². The lowest BCUT2D eigenvalue weighted by molar-refractivity contribution is 0.0977. The summed E-state index contributed by atoms with van der Waals surface area (Å²) in [6.45, 7) is 8.96. The van der Waals surface area contributed by atoms with Gasteiger partial charge in [0, 0.05) is 93.3 Å². The second-order valence-corrected chi connectivity index (χ2v) is 34.3. The van der Waals surface area contributed by atoms with E-state index in [4.69, 9.17) is 74.2 Å². The van der Waals surface area contributed by atoms with E-state index in [1.165, 1.54) is 45.3 Å². The zero-order valence-electron chi connectivity index (χ0n) is 76.7. The number of hydrogen-bond acceptors (Lipinski definition) is 23. The molecule has 0 unspecified atom stereocenters. The predicted molar refractivity (Wildman–Crippen MR) is 539 cm³/mol. The third-order valence-corrected chi connectivity index (χ3v) is 25.7. The Balaban J connectivity index is 0.000000153. The van der Waals surface area contributed by atoms with E-state index in [1.54, 1.807) is 144 Å². The number of thiazole rings is 4. The standard InChI is InChI=1S/C28H28N2O5S.C27H26N2O4S.C26H23ClN2O3S.C26H24N2O3S/c1-18-25(34-3)13-21(14-26(18)35-4)27(32)30(15-19-8-6-5-7-9-19)28-29-23(17-36-28)22-12-20(16-31)10-11-24(22)33-2;1-18-24(32-2)13-22(14-25(18)33-3)26(31)29(15-19-7-5-4-6-8-19)27-28-23(17-34-27)21-11-9-20(16-30)10-12-21;1-17-23(31-2)13-20(14-24(17)32-3)25(30)29(15-18-7-5-4-6-8-18)26-28-22(16-33-26)19-9-11-21(27)12-10-19;1-18-23(30-2)14-21(15-24(18)31-3)25(29)28(16-19-10-6-4-7-11-19)26-27-22(17-32-26)20-12-8-5-9-13-20/h5-14,17,31H,15-16H2,1-4H3;4-14,17,30H,15-16H2,1-3H3;4-14,16H,15H2,1-3H3;4-15,17H,16H2,1-3H3. The lowest BCUT2D eigenvalue weighted by Crippen LogP contribution is -2.30. The molecule has 690 valence electrons. The second-order valence-electron chi connectivity index (χ2n) is 30.5. The molecule has 0 aliphatic rings. The first-order valence-corrected chi connectivity index (χ1v) is 46.5. The number of aliphatic hydroxyl groups excluding tert-OH is 2. The van der Waals surface area contributed by atoms with Crippen LogP contribution in [-0.4, -0.2) is 118 Å². The fraction of sp³-hybridized carbons (Fsp3) is 0.178. The van der Waals surface area contributed by atoms with E-state index in [0.29, 0.717) is 131 Å². The van der Waals surface area contributed by atoms with Crippen LogP contribution in [0.15, 0.2) is 288 Å². The third-order valence-electron chi connectivity index (χ3n) is 22.0. The van der Waals surface area contributed by atoms with E-state index in [0.717, 1.165) is 95.0 Å². The Bertz CT molecular complexity index is 6590. The minimum Gasteiger partial charge on any atom is -0.496 e. The number of carbonyl (C=O) groups excluding carboxylic acids is 4. The molecule has 2 N–H and O–H groups in total. The van der Waals surface area contributed by atoms with Crippen molar-refractivity contribution in [2.24, 2.45) is 0 Å². The number of rotatable bonds is 31. The number of amides is 4. The number of benzene rings is 12. The van der Waals surface area contributed by atoms with Gasteiger partial charge in [0.05, 0.1) is 126 Å². The summed E-state index contributed by atoms with van der Waals surface area (Å²) in [5.41, 5.74) is 17.4. The molecule has 0 bridgehead atoms. The highest BCUT2D eigenvalue weighted by Crippen LogP contribution is 2.42. The largest absolute Gasteiger partial charge is 0.496 e. The lowest BCUT2D eigenvalue weighted by Gasteiger charge is -2.21. The molecular formula is C107H101ClN8O15S4. The van der Waals surface area contributed by atoms with Gasteiger partial charge in [-0.2, -0.15) is 0 Å². The summed E-state index contributed by atoms with van der Waals surface area (Å²) < 4.78 is 49.4. The molecule has 0 aliphatic carbocycles. The van der Waals surface area contributed by atoms with Crippen molar-refractivity contribution < 1.29 is 72.0 Å². The molecule has 0 saturated carbocycles.